The van der Waals surface area contributed by atoms with Gasteiger partial charge in [0.15, 0.2) is 0 Å². The fraction of sp³-hybridized carbons (Fsp3) is 0.105. The lowest BCUT2D eigenvalue weighted by Gasteiger charge is -2.04. The molecule has 0 spiro atoms. The van der Waals surface area contributed by atoms with Crippen molar-refractivity contribution in [3.63, 3.8) is 0 Å². The molecule has 3 aromatic rings. The van der Waals surface area contributed by atoms with E-state index in [-0.39, 0.29) is 23.0 Å². The lowest BCUT2D eigenvalue weighted by molar-refractivity contribution is -0.384. The van der Waals surface area contributed by atoms with E-state index in [1.807, 2.05) is 0 Å². The first kappa shape index (κ1) is 19.5. The summed E-state index contributed by atoms with van der Waals surface area (Å²) in [5, 5.41) is 28.5. The van der Waals surface area contributed by atoms with Gasteiger partial charge in [0.05, 0.1) is 23.0 Å². The molecule has 10 nitrogen and oxygen atoms in total. The number of azo groups is 1. The first-order valence-electron chi connectivity index (χ1n) is 8.34. The fourth-order valence-corrected chi connectivity index (χ4v) is 2.37. The van der Waals surface area contributed by atoms with Gasteiger partial charge in [-0.25, -0.2) is 14.8 Å². The number of nitro groups is 1. The Balaban J connectivity index is 1.67. The molecule has 0 fully saturated rings. The van der Waals surface area contributed by atoms with Crippen molar-refractivity contribution < 1.29 is 19.6 Å². The maximum absolute atomic E-state index is 12.1. The fourth-order valence-electron chi connectivity index (χ4n) is 2.37. The second-order valence-corrected chi connectivity index (χ2v) is 6.03. The normalized spacial score (nSPS) is 10.8. The average Bonchev–Trinajstić information content (AvgIpc) is 2.71. The van der Waals surface area contributed by atoms with Gasteiger partial charge in [-0.05, 0) is 49.2 Å². The zero-order valence-corrected chi connectivity index (χ0v) is 15.4. The second kappa shape index (κ2) is 8.21. The van der Waals surface area contributed by atoms with E-state index in [0.717, 1.165) is 0 Å². The van der Waals surface area contributed by atoms with E-state index in [1.54, 1.807) is 26.0 Å². The summed E-state index contributed by atoms with van der Waals surface area (Å²) >= 11 is 0. The van der Waals surface area contributed by atoms with Crippen molar-refractivity contribution in [3.8, 4) is 11.5 Å². The summed E-state index contributed by atoms with van der Waals surface area (Å²) < 4.78 is 5.08. The Morgan fingerprint density at radius 3 is 2.14 bits per heavy atom. The molecular formula is C19H15N5O5. The number of hydrogen-bond donors (Lipinski definition) is 1. The molecule has 0 amide bonds. The number of nitrogens with zero attached hydrogens (tertiary/aromatic N) is 5. The predicted octanol–water partition coefficient (Wildman–Crippen LogP) is 4.34. The van der Waals surface area contributed by atoms with E-state index in [2.05, 4.69) is 20.2 Å². The van der Waals surface area contributed by atoms with Crippen molar-refractivity contribution in [2.24, 2.45) is 10.2 Å². The first-order valence-corrected chi connectivity index (χ1v) is 8.34. The van der Waals surface area contributed by atoms with Gasteiger partial charge in [-0.2, -0.15) is 5.11 Å². The average molecular weight is 393 g/mol. The third-order valence-electron chi connectivity index (χ3n) is 3.84. The summed E-state index contributed by atoms with van der Waals surface area (Å²) in [6.45, 7) is 3.52. The molecule has 146 valence electrons. The van der Waals surface area contributed by atoms with Crippen LogP contribution in [0.25, 0.3) is 0 Å². The van der Waals surface area contributed by atoms with Crippen LogP contribution in [0.3, 0.4) is 0 Å². The van der Waals surface area contributed by atoms with Gasteiger partial charge in [0.1, 0.15) is 17.2 Å². The van der Waals surface area contributed by atoms with E-state index in [1.165, 1.54) is 36.7 Å². The molecule has 3 rings (SSSR count). The summed E-state index contributed by atoms with van der Waals surface area (Å²) in [7, 11) is 0. The number of carbonyl (C=O) groups is 1. The van der Waals surface area contributed by atoms with Crippen LogP contribution in [0.2, 0.25) is 0 Å². The number of esters is 1. The number of hydrogen-bond acceptors (Lipinski definition) is 9. The molecule has 0 saturated carbocycles. The van der Waals surface area contributed by atoms with E-state index in [0.29, 0.717) is 22.5 Å². The molecule has 1 N–H and O–H groups in total. The van der Waals surface area contributed by atoms with Crippen LogP contribution in [-0.2, 0) is 0 Å². The summed E-state index contributed by atoms with van der Waals surface area (Å²) in [5.41, 5.74) is 2.12. The molecule has 0 saturated heterocycles. The van der Waals surface area contributed by atoms with Gasteiger partial charge >= 0.3 is 5.97 Å². The second-order valence-electron chi connectivity index (χ2n) is 6.03. The van der Waals surface area contributed by atoms with E-state index >= 15 is 0 Å². The summed E-state index contributed by atoms with van der Waals surface area (Å²) in [5.74, 6) is -0.667. The van der Waals surface area contributed by atoms with Crippen molar-refractivity contribution in [1.82, 2.24) is 9.97 Å². The van der Waals surface area contributed by atoms with Gasteiger partial charge < -0.3 is 9.84 Å². The molecule has 0 aliphatic rings. The number of aryl methyl sites for hydroxylation is 2. The number of ether oxygens (including phenoxy) is 1. The van der Waals surface area contributed by atoms with Crippen LogP contribution < -0.4 is 4.74 Å². The smallest absolute Gasteiger partial charge is 0.381 e. The molecule has 10 heteroatoms. The number of aromatic nitrogens is 2. The molecule has 0 unspecified atom stereocenters. The van der Waals surface area contributed by atoms with Crippen LogP contribution in [0.4, 0.5) is 17.1 Å². The molecule has 0 bridgehead atoms. The molecule has 0 aliphatic heterocycles. The summed E-state index contributed by atoms with van der Waals surface area (Å²) in [4.78, 5) is 29.9. The van der Waals surface area contributed by atoms with Crippen molar-refractivity contribution in [2.45, 2.75) is 13.8 Å². The minimum atomic E-state index is -0.813. The first-order chi connectivity index (χ1) is 13.8. The van der Waals surface area contributed by atoms with E-state index < -0.39 is 10.9 Å². The third-order valence-corrected chi connectivity index (χ3v) is 3.84. The van der Waals surface area contributed by atoms with Gasteiger partial charge in [-0.1, -0.05) is 0 Å². The Bertz CT molecular complexity index is 1070. The molecule has 0 atom stereocenters. The van der Waals surface area contributed by atoms with Crippen LogP contribution in [0.15, 0.2) is 59.0 Å². The number of aromatic hydroxyl groups is 1. The highest BCUT2D eigenvalue weighted by Gasteiger charge is 2.13. The van der Waals surface area contributed by atoms with Gasteiger partial charge in [0, 0.05) is 12.1 Å². The molecule has 2 aromatic carbocycles. The van der Waals surface area contributed by atoms with Crippen molar-refractivity contribution in [1.29, 1.82) is 0 Å². The lowest BCUT2D eigenvalue weighted by Crippen LogP contribution is -2.12. The van der Waals surface area contributed by atoms with Crippen molar-refractivity contribution in [2.75, 3.05) is 0 Å². The number of rotatable bonds is 5. The van der Waals surface area contributed by atoms with Crippen LogP contribution in [0.1, 0.15) is 21.7 Å². The third kappa shape index (κ3) is 4.75. The highest BCUT2D eigenvalue weighted by Crippen LogP contribution is 2.28. The van der Waals surface area contributed by atoms with Crippen molar-refractivity contribution in [3.05, 3.63) is 75.9 Å². The molecule has 1 heterocycles. The van der Waals surface area contributed by atoms with Crippen LogP contribution in [0.5, 0.6) is 11.5 Å². The van der Waals surface area contributed by atoms with Gasteiger partial charge in [0.25, 0.3) is 5.69 Å². The minimum Gasteiger partial charge on any atom is -0.507 e. The number of carbonyl (C=O) groups excluding carboxylic acids is 1. The highest BCUT2D eigenvalue weighted by molar-refractivity contribution is 5.87. The minimum absolute atomic E-state index is 0.116. The zero-order chi connectivity index (χ0) is 21.0. The van der Waals surface area contributed by atoms with Gasteiger partial charge in [-0.3, -0.25) is 10.1 Å². The molecule has 1 aromatic heterocycles. The number of phenols is 1. The lowest BCUT2D eigenvalue weighted by atomic mass is 10.1. The van der Waals surface area contributed by atoms with E-state index in [4.69, 9.17) is 4.74 Å². The van der Waals surface area contributed by atoms with Crippen molar-refractivity contribution >= 4 is 23.0 Å². The maximum atomic E-state index is 12.1. The number of benzene rings is 2. The number of phenolic OH excluding ortho intramolecular Hbond substituents is 1. The Morgan fingerprint density at radius 2 is 1.59 bits per heavy atom. The Hall–Kier alpha value is -4.21. The number of non-ortho nitro benzene ring substituents is 1. The molecule has 29 heavy (non-hydrogen) atoms. The van der Waals surface area contributed by atoms with Crippen LogP contribution in [0, 0.1) is 24.0 Å². The summed E-state index contributed by atoms with van der Waals surface area (Å²) in [6.07, 6.45) is 2.62. The van der Waals surface area contributed by atoms with Gasteiger partial charge in [-0.15, -0.1) is 5.11 Å². The highest BCUT2D eigenvalue weighted by atomic mass is 16.6. The molecule has 0 radical (unpaired) electrons. The molecular weight excluding hydrogens is 378 g/mol. The SMILES string of the molecule is Cc1cc(N=Nc2cnc(C(=O)Oc3ccc([N+](=O)[O-])cc3)nc2)cc(C)c1O. The van der Waals surface area contributed by atoms with Gasteiger partial charge in [0.2, 0.25) is 5.82 Å². The Morgan fingerprint density at radius 1 is 1.03 bits per heavy atom. The van der Waals surface area contributed by atoms with Crippen LogP contribution >= 0.6 is 0 Å². The summed E-state index contributed by atoms with van der Waals surface area (Å²) in [6, 6.07) is 8.42. The van der Waals surface area contributed by atoms with E-state index in [9.17, 15) is 20.0 Å². The topological polar surface area (TPSA) is 140 Å². The largest absolute Gasteiger partial charge is 0.507 e. The molecule has 0 aliphatic carbocycles. The quantitative estimate of drug-likeness (QED) is 0.223. The monoisotopic (exact) mass is 393 g/mol. The Kier molecular flexibility index (Phi) is 5.54. The zero-order valence-electron chi connectivity index (χ0n) is 15.4. The van der Waals surface area contributed by atoms with Crippen LogP contribution in [-0.4, -0.2) is 26.0 Å². The maximum Gasteiger partial charge on any atom is 0.381 e. The standard InChI is InChI=1S/C19H15N5O5/c1-11-7-13(8-12(2)17(11)25)22-23-14-9-20-18(21-10-14)19(26)29-16-5-3-15(4-6-16)24(27)28/h3-10,25H,1-2H3. The predicted molar refractivity (Wildman–Crippen MR) is 102 cm³/mol. The Labute approximate surface area is 164 Å². The number of nitro benzene ring substituents is 1.